The van der Waals surface area contributed by atoms with Crippen LogP contribution in [0, 0.1) is 6.92 Å². The van der Waals surface area contributed by atoms with Crippen LogP contribution in [0.3, 0.4) is 0 Å². The smallest absolute Gasteiger partial charge is 0.276 e. The maximum Gasteiger partial charge on any atom is 0.276 e. The van der Waals surface area contributed by atoms with Gasteiger partial charge in [-0.15, -0.1) is 0 Å². The average Bonchev–Trinajstić information content (AvgIpc) is 2.89. The largest absolute Gasteiger partial charge is 0.381 e. The summed E-state index contributed by atoms with van der Waals surface area (Å²) in [7, 11) is 2.15. The summed E-state index contributed by atoms with van der Waals surface area (Å²) < 4.78 is 10.5. The normalized spacial score (nSPS) is 23.2. The van der Waals surface area contributed by atoms with Crippen molar-refractivity contribution in [3.8, 4) is 0 Å². The Kier molecular flexibility index (Phi) is 3.52. The van der Waals surface area contributed by atoms with Crippen LogP contribution in [0.15, 0.2) is 10.6 Å². The van der Waals surface area contributed by atoms with Crippen LogP contribution < -0.4 is 0 Å². The lowest BCUT2D eigenvalue weighted by atomic mass is 9.86. The molecule has 1 spiro atoms. The van der Waals surface area contributed by atoms with Crippen molar-refractivity contribution < 1.29 is 14.1 Å². The van der Waals surface area contributed by atoms with E-state index in [-0.39, 0.29) is 11.4 Å². The van der Waals surface area contributed by atoms with Gasteiger partial charge in [-0.25, -0.2) is 0 Å². The van der Waals surface area contributed by atoms with Crippen molar-refractivity contribution in [2.75, 3.05) is 39.9 Å². The Bertz CT molecular complexity index is 494. The predicted molar refractivity (Wildman–Crippen MR) is 72.6 cm³/mol. The van der Waals surface area contributed by atoms with Crippen LogP contribution in [0.1, 0.15) is 29.1 Å². The highest BCUT2D eigenvalue weighted by molar-refractivity contribution is 5.92. The van der Waals surface area contributed by atoms with Crippen LogP contribution in [-0.2, 0) is 4.74 Å². The third-order valence-corrected chi connectivity index (χ3v) is 4.56. The quantitative estimate of drug-likeness (QED) is 0.765. The molecule has 1 amide bonds. The van der Waals surface area contributed by atoms with Gasteiger partial charge in [0.2, 0.25) is 0 Å². The van der Waals surface area contributed by atoms with Crippen molar-refractivity contribution in [1.82, 2.24) is 15.0 Å². The Morgan fingerprint density at radius 2 is 2.10 bits per heavy atom. The third-order valence-electron chi connectivity index (χ3n) is 4.56. The van der Waals surface area contributed by atoms with Crippen LogP contribution in [0.4, 0.5) is 0 Å². The van der Waals surface area contributed by atoms with Gasteiger partial charge in [-0.2, -0.15) is 0 Å². The van der Waals surface area contributed by atoms with Gasteiger partial charge in [0.15, 0.2) is 5.69 Å². The number of aryl methyl sites for hydroxylation is 1. The number of hydrogen-bond acceptors (Lipinski definition) is 5. The van der Waals surface area contributed by atoms with Crippen LogP contribution in [0.25, 0.3) is 0 Å². The lowest BCUT2D eigenvalue weighted by Crippen LogP contribution is -2.63. The first-order valence-corrected chi connectivity index (χ1v) is 7.12. The molecule has 0 atom stereocenters. The van der Waals surface area contributed by atoms with Gasteiger partial charge in [0, 0.05) is 44.5 Å². The van der Waals surface area contributed by atoms with Gasteiger partial charge in [0.05, 0.1) is 0 Å². The van der Waals surface area contributed by atoms with Crippen LogP contribution in [0.2, 0.25) is 0 Å². The zero-order valence-corrected chi connectivity index (χ0v) is 12.1. The maximum absolute atomic E-state index is 12.5. The fraction of sp³-hybridized carbons (Fsp3) is 0.714. The highest BCUT2D eigenvalue weighted by Crippen LogP contribution is 2.31. The van der Waals surface area contributed by atoms with Gasteiger partial charge in [-0.1, -0.05) is 5.16 Å². The van der Waals surface area contributed by atoms with E-state index in [9.17, 15) is 4.79 Å². The minimum Gasteiger partial charge on any atom is -0.381 e. The van der Waals surface area contributed by atoms with E-state index in [2.05, 4.69) is 17.1 Å². The Balaban J connectivity index is 1.76. The van der Waals surface area contributed by atoms with Crippen LogP contribution >= 0.6 is 0 Å². The summed E-state index contributed by atoms with van der Waals surface area (Å²) in [4.78, 5) is 16.8. The standard InChI is InChI=1S/C14H21N3O3/c1-11-9-12(15-20-11)13(18)17-6-5-16(2)14(10-17)3-7-19-8-4-14/h9H,3-8,10H2,1-2H3. The number of nitrogens with zero attached hydrogens (tertiary/aromatic N) is 3. The number of hydrogen-bond donors (Lipinski definition) is 0. The topological polar surface area (TPSA) is 58.8 Å². The summed E-state index contributed by atoms with van der Waals surface area (Å²) in [6.07, 6.45) is 1.95. The highest BCUT2D eigenvalue weighted by Gasteiger charge is 2.42. The molecule has 2 aliphatic heterocycles. The Hall–Kier alpha value is -1.40. The minimum atomic E-state index is -0.0270. The molecule has 0 unspecified atom stereocenters. The second-order valence-electron chi connectivity index (χ2n) is 5.81. The molecule has 20 heavy (non-hydrogen) atoms. The van der Waals surface area contributed by atoms with E-state index in [4.69, 9.17) is 9.26 Å². The second kappa shape index (κ2) is 5.18. The first kappa shape index (κ1) is 13.6. The molecule has 0 bridgehead atoms. The fourth-order valence-corrected chi connectivity index (χ4v) is 3.16. The summed E-state index contributed by atoms with van der Waals surface area (Å²) in [6, 6.07) is 1.71. The van der Waals surface area contributed by atoms with E-state index in [0.29, 0.717) is 11.5 Å². The summed E-state index contributed by atoms with van der Waals surface area (Å²) in [6.45, 7) is 5.72. The Morgan fingerprint density at radius 1 is 1.35 bits per heavy atom. The van der Waals surface area contributed by atoms with Gasteiger partial charge in [-0.3, -0.25) is 9.69 Å². The zero-order valence-electron chi connectivity index (χ0n) is 12.1. The maximum atomic E-state index is 12.5. The molecule has 0 N–H and O–H groups in total. The molecule has 2 saturated heterocycles. The SMILES string of the molecule is Cc1cc(C(=O)N2CCN(C)C3(CCOCC3)C2)no1. The number of amides is 1. The molecular formula is C14H21N3O3. The molecule has 3 rings (SSSR count). The lowest BCUT2D eigenvalue weighted by Gasteiger charge is -2.51. The van der Waals surface area contributed by atoms with Crippen LogP contribution in [-0.4, -0.2) is 66.3 Å². The fourth-order valence-electron chi connectivity index (χ4n) is 3.16. The molecule has 0 aromatic carbocycles. The molecule has 2 fully saturated rings. The zero-order chi connectivity index (χ0) is 14.2. The Labute approximate surface area is 118 Å². The number of carbonyl (C=O) groups is 1. The van der Waals surface area contributed by atoms with E-state index in [1.165, 1.54) is 0 Å². The number of carbonyl (C=O) groups excluding carboxylic acids is 1. The van der Waals surface area contributed by atoms with Crippen molar-refractivity contribution in [1.29, 1.82) is 0 Å². The lowest BCUT2D eigenvalue weighted by molar-refractivity contribution is -0.0544. The molecule has 6 nitrogen and oxygen atoms in total. The van der Waals surface area contributed by atoms with Gasteiger partial charge in [0.1, 0.15) is 5.76 Å². The second-order valence-corrected chi connectivity index (χ2v) is 5.81. The molecule has 6 heteroatoms. The van der Waals surface area contributed by atoms with Gasteiger partial charge in [-0.05, 0) is 26.8 Å². The molecule has 1 aromatic heterocycles. The number of aromatic nitrogens is 1. The molecule has 3 heterocycles. The molecule has 0 aliphatic carbocycles. The van der Waals surface area contributed by atoms with E-state index in [1.54, 1.807) is 13.0 Å². The van der Waals surface area contributed by atoms with Gasteiger partial charge >= 0.3 is 0 Å². The molecule has 0 saturated carbocycles. The van der Waals surface area contributed by atoms with E-state index >= 15 is 0 Å². The number of ether oxygens (including phenoxy) is 1. The van der Waals surface area contributed by atoms with E-state index in [1.807, 2.05) is 4.90 Å². The third kappa shape index (κ3) is 2.33. The molecule has 0 radical (unpaired) electrons. The Morgan fingerprint density at radius 3 is 2.75 bits per heavy atom. The van der Waals surface area contributed by atoms with Crippen LogP contribution in [0.5, 0.6) is 0 Å². The monoisotopic (exact) mass is 279 g/mol. The van der Waals surface area contributed by atoms with E-state index in [0.717, 1.165) is 45.7 Å². The van der Waals surface area contributed by atoms with Crippen molar-refractivity contribution >= 4 is 5.91 Å². The summed E-state index contributed by atoms with van der Waals surface area (Å²) >= 11 is 0. The first-order valence-electron chi connectivity index (χ1n) is 7.12. The van der Waals surface area contributed by atoms with Crippen molar-refractivity contribution in [2.24, 2.45) is 0 Å². The summed E-state index contributed by atoms with van der Waals surface area (Å²) in [5.74, 6) is 0.643. The average molecular weight is 279 g/mol. The molecule has 110 valence electrons. The molecule has 1 aromatic rings. The number of piperazine rings is 1. The molecule has 2 aliphatic rings. The number of likely N-dealkylation sites (N-methyl/N-ethyl adjacent to an activating group) is 1. The van der Waals surface area contributed by atoms with Crippen molar-refractivity contribution in [3.63, 3.8) is 0 Å². The highest BCUT2D eigenvalue weighted by atomic mass is 16.5. The van der Waals surface area contributed by atoms with Crippen molar-refractivity contribution in [2.45, 2.75) is 25.3 Å². The number of rotatable bonds is 1. The summed E-state index contributed by atoms with van der Waals surface area (Å²) in [5, 5.41) is 3.84. The molecular weight excluding hydrogens is 258 g/mol. The summed E-state index contributed by atoms with van der Waals surface area (Å²) in [5.41, 5.74) is 0.472. The minimum absolute atomic E-state index is 0.0270. The van der Waals surface area contributed by atoms with Gasteiger partial charge < -0.3 is 14.2 Å². The van der Waals surface area contributed by atoms with Gasteiger partial charge in [0.25, 0.3) is 5.91 Å². The first-order chi connectivity index (χ1) is 9.61. The van der Waals surface area contributed by atoms with Crippen molar-refractivity contribution in [3.05, 3.63) is 17.5 Å². The predicted octanol–water partition coefficient (Wildman–Crippen LogP) is 0.920. The van der Waals surface area contributed by atoms with E-state index < -0.39 is 0 Å².